The van der Waals surface area contributed by atoms with Crippen LogP contribution >= 0.6 is 11.8 Å². The first-order valence-corrected chi connectivity index (χ1v) is 15.5. The highest BCUT2D eigenvalue weighted by Crippen LogP contribution is 2.53. The van der Waals surface area contributed by atoms with Crippen LogP contribution in [0.25, 0.3) is 21.8 Å². The Hall–Kier alpha value is -3.74. The van der Waals surface area contributed by atoms with E-state index in [1.54, 1.807) is 12.1 Å². The number of benzene rings is 4. The van der Waals surface area contributed by atoms with E-state index >= 15 is 0 Å². The summed E-state index contributed by atoms with van der Waals surface area (Å²) >= 11 is 1.92. The van der Waals surface area contributed by atoms with Gasteiger partial charge >= 0.3 is 0 Å². The standard InChI is InChI=1S/C33H28N2O2S2/c1-22-16-18-25(19-17-22)39(36,37)35-20-28(27-13-7-9-15-30(27)35)33-32-23(2)26-12-6-8-14-29(26)34(32)21-31(38-33)24-10-4-3-5-11-24/h3-20,31,33H,21H2,1-2H3/t31-,33+/m1/s1. The third-order valence-corrected chi connectivity index (χ3v) is 11.1. The zero-order valence-electron chi connectivity index (χ0n) is 21.8. The molecule has 7 rings (SSSR count). The molecule has 0 saturated carbocycles. The Kier molecular flexibility index (Phi) is 5.72. The highest BCUT2D eigenvalue weighted by atomic mass is 32.2. The molecule has 6 aromatic rings. The molecule has 0 amide bonds. The summed E-state index contributed by atoms with van der Waals surface area (Å²) in [6, 6.07) is 34.2. The summed E-state index contributed by atoms with van der Waals surface area (Å²) in [5.41, 5.74) is 7.78. The first-order valence-electron chi connectivity index (χ1n) is 13.1. The molecule has 0 N–H and O–H groups in total. The molecular formula is C33H28N2O2S2. The number of para-hydroxylation sites is 2. The third-order valence-electron chi connectivity index (χ3n) is 7.91. The first kappa shape index (κ1) is 24.3. The molecule has 4 aromatic carbocycles. The molecule has 4 nitrogen and oxygen atoms in total. The molecule has 3 heterocycles. The summed E-state index contributed by atoms with van der Waals surface area (Å²) in [5.74, 6) is 0. The fourth-order valence-electron chi connectivity index (χ4n) is 5.95. The van der Waals surface area contributed by atoms with Crippen molar-refractivity contribution >= 4 is 43.6 Å². The summed E-state index contributed by atoms with van der Waals surface area (Å²) in [6.07, 6.45) is 1.87. The molecule has 0 fully saturated rings. The number of rotatable bonds is 4. The van der Waals surface area contributed by atoms with E-state index in [9.17, 15) is 8.42 Å². The molecule has 2 atom stereocenters. The molecule has 0 aliphatic carbocycles. The van der Waals surface area contributed by atoms with Crippen molar-refractivity contribution in [3.8, 4) is 0 Å². The molecule has 194 valence electrons. The smallest absolute Gasteiger partial charge is 0.268 e. The molecule has 2 aromatic heterocycles. The van der Waals surface area contributed by atoms with Gasteiger partial charge in [0.05, 0.1) is 15.7 Å². The van der Waals surface area contributed by atoms with E-state index in [0.29, 0.717) is 10.4 Å². The van der Waals surface area contributed by atoms with Crippen LogP contribution in [0.1, 0.15) is 38.4 Å². The van der Waals surface area contributed by atoms with Gasteiger partial charge in [0.2, 0.25) is 0 Å². The van der Waals surface area contributed by atoms with E-state index in [0.717, 1.165) is 23.1 Å². The predicted octanol–water partition coefficient (Wildman–Crippen LogP) is 8.03. The van der Waals surface area contributed by atoms with Crippen molar-refractivity contribution in [1.29, 1.82) is 0 Å². The molecule has 0 bridgehead atoms. The van der Waals surface area contributed by atoms with Gasteiger partial charge in [-0.3, -0.25) is 0 Å². The minimum atomic E-state index is -3.78. The zero-order valence-corrected chi connectivity index (χ0v) is 23.4. The maximum Gasteiger partial charge on any atom is 0.268 e. The van der Waals surface area contributed by atoms with Gasteiger partial charge in [-0.2, -0.15) is 0 Å². The molecule has 0 spiro atoms. The van der Waals surface area contributed by atoms with Gasteiger partial charge in [-0.25, -0.2) is 12.4 Å². The number of nitrogens with zero attached hydrogens (tertiary/aromatic N) is 2. The lowest BCUT2D eigenvalue weighted by Gasteiger charge is -2.32. The van der Waals surface area contributed by atoms with Crippen LogP contribution in [0, 0.1) is 13.8 Å². The molecular weight excluding hydrogens is 521 g/mol. The summed E-state index contributed by atoms with van der Waals surface area (Å²) in [7, 11) is -3.78. The van der Waals surface area contributed by atoms with Crippen molar-refractivity contribution in [2.24, 2.45) is 0 Å². The highest BCUT2D eigenvalue weighted by molar-refractivity contribution is 8.00. The van der Waals surface area contributed by atoms with Crippen LogP contribution in [0.5, 0.6) is 0 Å². The Morgan fingerprint density at radius 3 is 2.13 bits per heavy atom. The normalized spacial score (nSPS) is 17.5. The molecule has 1 aliphatic heterocycles. The van der Waals surface area contributed by atoms with Gasteiger partial charge in [-0.05, 0) is 54.8 Å². The van der Waals surface area contributed by atoms with Crippen molar-refractivity contribution < 1.29 is 8.42 Å². The summed E-state index contributed by atoms with van der Waals surface area (Å²) in [5, 5.41) is 2.42. The van der Waals surface area contributed by atoms with Crippen molar-refractivity contribution in [3.05, 3.63) is 137 Å². The number of aromatic nitrogens is 2. The number of fused-ring (bicyclic) bond motifs is 4. The zero-order chi connectivity index (χ0) is 26.7. The Balaban J connectivity index is 1.47. The van der Waals surface area contributed by atoms with Crippen LogP contribution in [0.2, 0.25) is 0 Å². The van der Waals surface area contributed by atoms with Crippen LogP contribution < -0.4 is 0 Å². The average Bonchev–Trinajstić information content (AvgIpc) is 3.50. The van der Waals surface area contributed by atoms with Crippen LogP contribution in [0.3, 0.4) is 0 Å². The Morgan fingerprint density at radius 2 is 1.38 bits per heavy atom. The highest BCUT2D eigenvalue weighted by Gasteiger charge is 2.35. The minimum Gasteiger partial charge on any atom is -0.341 e. The van der Waals surface area contributed by atoms with Crippen LogP contribution in [0.4, 0.5) is 0 Å². The maximum atomic E-state index is 13.9. The van der Waals surface area contributed by atoms with Crippen molar-refractivity contribution in [2.45, 2.75) is 35.8 Å². The number of aryl methyl sites for hydroxylation is 2. The first-order chi connectivity index (χ1) is 18.9. The topological polar surface area (TPSA) is 44.0 Å². The molecule has 1 aliphatic rings. The van der Waals surface area contributed by atoms with Gasteiger partial charge < -0.3 is 4.57 Å². The van der Waals surface area contributed by atoms with Crippen molar-refractivity contribution in [2.75, 3.05) is 0 Å². The Labute approximate surface area is 233 Å². The van der Waals surface area contributed by atoms with Crippen LogP contribution in [-0.4, -0.2) is 17.0 Å². The predicted molar refractivity (Wildman–Crippen MR) is 161 cm³/mol. The second kappa shape index (κ2) is 9.18. The Bertz CT molecular complexity index is 1950. The second-order valence-electron chi connectivity index (χ2n) is 10.3. The van der Waals surface area contributed by atoms with Crippen LogP contribution in [-0.2, 0) is 16.6 Å². The molecule has 6 heteroatoms. The largest absolute Gasteiger partial charge is 0.341 e. The number of thioether (sulfide) groups is 1. The fourth-order valence-corrected chi connectivity index (χ4v) is 8.97. The van der Waals surface area contributed by atoms with Gasteiger partial charge in [0.15, 0.2) is 0 Å². The van der Waals surface area contributed by atoms with Crippen LogP contribution in [0.15, 0.2) is 114 Å². The lowest BCUT2D eigenvalue weighted by Crippen LogP contribution is -2.19. The number of hydrogen-bond donors (Lipinski definition) is 0. The molecule has 0 unspecified atom stereocenters. The molecule has 0 saturated heterocycles. The van der Waals surface area contributed by atoms with Gasteiger partial charge in [0, 0.05) is 40.0 Å². The quantitative estimate of drug-likeness (QED) is 0.224. The minimum absolute atomic E-state index is 0.0317. The van der Waals surface area contributed by atoms with Gasteiger partial charge in [0.25, 0.3) is 10.0 Å². The number of hydrogen-bond acceptors (Lipinski definition) is 3. The summed E-state index contributed by atoms with van der Waals surface area (Å²) in [6.45, 7) is 5.03. The monoisotopic (exact) mass is 548 g/mol. The van der Waals surface area contributed by atoms with E-state index in [4.69, 9.17) is 0 Å². The van der Waals surface area contributed by atoms with Gasteiger partial charge in [0.1, 0.15) is 0 Å². The van der Waals surface area contributed by atoms with E-state index in [1.807, 2.05) is 55.2 Å². The SMILES string of the molecule is Cc1ccc(S(=O)(=O)n2cc([C@@H]3S[C@@H](c4ccccc4)Cn4c3c(C)c3ccccc34)c3ccccc32)cc1. The van der Waals surface area contributed by atoms with E-state index in [-0.39, 0.29) is 10.5 Å². The Morgan fingerprint density at radius 1 is 0.744 bits per heavy atom. The van der Waals surface area contributed by atoms with Crippen molar-refractivity contribution in [3.63, 3.8) is 0 Å². The third kappa shape index (κ3) is 3.85. The van der Waals surface area contributed by atoms with Crippen molar-refractivity contribution in [1.82, 2.24) is 8.54 Å². The lowest BCUT2D eigenvalue weighted by molar-refractivity contribution is 0.589. The fraction of sp³-hybridized carbons (Fsp3) is 0.152. The summed E-state index contributed by atoms with van der Waals surface area (Å²) < 4.78 is 31.8. The summed E-state index contributed by atoms with van der Waals surface area (Å²) in [4.78, 5) is 0.296. The van der Waals surface area contributed by atoms with Gasteiger partial charge in [-0.1, -0.05) is 84.4 Å². The molecule has 39 heavy (non-hydrogen) atoms. The van der Waals surface area contributed by atoms with Gasteiger partial charge in [-0.15, -0.1) is 11.8 Å². The maximum absolute atomic E-state index is 13.9. The molecule has 0 radical (unpaired) electrons. The average molecular weight is 549 g/mol. The van der Waals surface area contributed by atoms with E-state index in [1.165, 1.54) is 31.7 Å². The van der Waals surface area contributed by atoms with E-state index in [2.05, 4.69) is 72.2 Å². The lowest BCUT2D eigenvalue weighted by atomic mass is 10.0. The second-order valence-corrected chi connectivity index (χ2v) is 13.4. The van der Waals surface area contributed by atoms with E-state index < -0.39 is 10.0 Å².